The molecule has 3 rings (SSSR count). The highest BCUT2D eigenvalue weighted by Gasteiger charge is 2.47. The summed E-state index contributed by atoms with van der Waals surface area (Å²) < 4.78 is 43.2. The third kappa shape index (κ3) is 5.83. The van der Waals surface area contributed by atoms with Gasteiger partial charge in [-0.1, -0.05) is 6.08 Å². The summed E-state index contributed by atoms with van der Waals surface area (Å²) in [5.74, 6) is -1.69. The SMILES string of the molecule is C=CCN1C(=O)COC2(CCN(Cc3ccco3)CC2)C1C.O=C(O)C(F)(F)F. The number of rotatable bonds is 4. The summed E-state index contributed by atoms with van der Waals surface area (Å²) >= 11 is 0. The van der Waals surface area contributed by atoms with Gasteiger partial charge in [0.2, 0.25) is 5.91 Å². The van der Waals surface area contributed by atoms with Crippen LogP contribution in [0.15, 0.2) is 35.5 Å². The first-order valence-electron chi connectivity index (χ1n) is 9.18. The third-order valence-corrected chi connectivity index (χ3v) is 5.26. The van der Waals surface area contributed by atoms with E-state index in [1.165, 1.54) is 0 Å². The molecule has 10 heteroatoms. The number of amides is 1. The smallest absolute Gasteiger partial charge is 0.475 e. The number of morpholine rings is 1. The second kappa shape index (κ2) is 9.45. The van der Waals surface area contributed by atoms with Gasteiger partial charge in [0.05, 0.1) is 24.5 Å². The molecule has 29 heavy (non-hydrogen) atoms. The summed E-state index contributed by atoms with van der Waals surface area (Å²) in [4.78, 5) is 25.2. The lowest BCUT2D eigenvalue weighted by atomic mass is 9.82. The second-order valence-corrected chi connectivity index (χ2v) is 7.02. The Bertz CT molecular complexity index is 697. The maximum Gasteiger partial charge on any atom is 0.490 e. The minimum absolute atomic E-state index is 0.0658. The fourth-order valence-corrected chi connectivity index (χ4v) is 3.58. The number of carbonyl (C=O) groups is 2. The van der Waals surface area contributed by atoms with Crippen molar-refractivity contribution in [2.75, 3.05) is 26.2 Å². The number of aliphatic carboxylic acids is 1. The zero-order chi connectivity index (χ0) is 21.7. The van der Waals surface area contributed by atoms with Gasteiger partial charge < -0.3 is 19.2 Å². The maximum atomic E-state index is 12.0. The first-order valence-corrected chi connectivity index (χ1v) is 9.18. The van der Waals surface area contributed by atoms with E-state index in [1.807, 2.05) is 17.0 Å². The molecule has 162 valence electrons. The van der Waals surface area contributed by atoms with E-state index >= 15 is 0 Å². The van der Waals surface area contributed by atoms with Crippen molar-refractivity contribution in [3.05, 3.63) is 36.8 Å². The number of likely N-dealkylation sites (tertiary alicyclic amines) is 1. The highest BCUT2D eigenvalue weighted by atomic mass is 19.4. The molecule has 2 aliphatic rings. The average Bonchev–Trinajstić information content (AvgIpc) is 3.17. The van der Waals surface area contributed by atoms with E-state index in [-0.39, 0.29) is 24.2 Å². The Morgan fingerprint density at radius 2 is 2.03 bits per heavy atom. The summed E-state index contributed by atoms with van der Waals surface area (Å²) in [6.45, 7) is 9.41. The van der Waals surface area contributed by atoms with Crippen LogP contribution in [0.1, 0.15) is 25.5 Å². The fraction of sp³-hybridized carbons (Fsp3) is 0.579. The van der Waals surface area contributed by atoms with Gasteiger partial charge in [-0.15, -0.1) is 6.58 Å². The molecular formula is C19H25F3N2O5. The quantitative estimate of drug-likeness (QED) is 0.757. The van der Waals surface area contributed by atoms with Crippen molar-refractivity contribution < 1.29 is 37.0 Å². The molecule has 7 nitrogen and oxygen atoms in total. The topological polar surface area (TPSA) is 83.2 Å². The van der Waals surface area contributed by atoms with Crippen LogP contribution in [0.3, 0.4) is 0 Å². The van der Waals surface area contributed by atoms with Crippen molar-refractivity contribution in [1.82, 2.24) is 9.80 Å². The molecule has 1 N–H and O–H groups in total. The van der Waals surface area contributed by atoms with Gasteiger partial charge in [0.15, 0.2) is 0 Å². The van der Waals surface area contributed by atoms with Gasteiger partial charge in [-0.3, -0.25) is 9.69 Å². The highest BCUT2D eigenvalue weighted by molar-refractivity contribution is 5.79. The van der Waals surface area contributed by atoms with Crippen molar-refractivity contribution in [1.29, 1.82) is 0 Å². The number of alkyl halides is 3. The standard InChI is InChI=1S/C17H24N2O3.C2HF3O2/c1-3-8-19-14(2)17(22-13-16(19)20)6-9-18(10-7-17)12-15-5-4-11-21-15;3-2(4,5)1(6)7/h3-5,11,14H,1,6-10,12-13H2,2H3;(H,6,7). The van der Waals surface area contributed by atoms with Gasteiger partial charge in [-0.25, -0.2) is 4.79 Å². The van der Waals surface area contributed by atoms with Gasteiger partial charge in [-0.2, -0.15) is 13.2 Å². The Hall–Kier alpha value is -2.33. The molecule has 1 atom stereocenters. The lowest BCUT2D eigenvalue weighted by molar-refractivity contribution is -0.192. The number of carboxylic acids is 1. The molecule has 1 aromatic rings. The Kier molecular flexibility index (Phi) is 7.48. The van der Waals surface area contributed by atoms with E-state index in [0.29, 0.717) is 6.54 Å². The van der Waals surface area contributed by atoms with Crippen LogP contribution >= 0.6 is 0 Å². The highest BCUT2D eigenvalue weighted by Crippen LogP contribution is 2.36. The molecule has 0 radical (unpaired) electrons. The second-order valence-electron chi connectivity index (χ2n) is 7.02. The lowest BCUT2D eigenvalue weighted by Gasteiger charge is -2.51. The van der Waals surface area contributed by atoms with E-state index < -0.39 is 12.1 Å². The molecule has 2 fully saturated rings. The van der Waals surface area contributed by atoms with Crippen molar-refractivity contribution in [2.45, 2.75) is 44.1 Å². The summed E-state index contributed by atoms with van der Waals surface area (Å²) in [5, 5.41) is 7.12. The molecular weight excluding hydrogens is 393 g/mol. The average molecular weight is 418 g/mol. The van der Waals surface area contributed by atoms with Crippen LogP contribution in [0.2, 0.25) is 0 Å². The van der Waals surface area contributed by atoms with Crippen molar-refractivity contribution in [3.8, 4) is 0 Å². The molecule has 0 saturated carbocycles. The number of piperidine rings is 1. The van der Waals surface area contributed by atoms with Gasteiger partial charge >= 0.3 is 12.1 Å². The lowest BCUT2D eigenvalue weighted by Crippen LogP contribution is -2.63. The number of furan rings is 1. The van der Waals surface area contributed by atoms with Crippen molar-refractivity contribution in [3.63, 3.8) is 0 Å². The molecule has 0 aliphatic carbocycles. The molecule has 2 saturated heterocycles. The van der Waals surface area contributed by atoms with Gasteiger partial charge in [0.1, 0.15) is 12.4 Å². The molecule has 3 heterocycles. The largest absolute Gasteiger partial charge is 0.490 e. The molecule has 1 amide bonds. The first-order chi connectivity index (χ1) is 13.6. The number of hydrogen-bond acceptors (Lipinski definition) is 5. The summed E-state index contributed by atoms with van der Waals surface area (Å²) in [6, 6.07) is 4.03. The van der Waals surface area contributed by atoms with Crippen molar-refractivity contribution >= 4 is 11.9 Å². The predicted molar refractivity (Wildman–Crippen MR) is 97.0 cm³/mol. The monoisotopic (exact) mass is 418 g/mol. The minimum Gasteiger partial charge on any atom is -0.475 e. The molecule has 1 unspecified atom stereocenters. The molecule has 1 aromatic heterocycles. The number of ether oxygens (including phenoxy) is 1. The van der Waals surface area contributed by atoms with Crippen LogP contribution in [-0.4, -0.2) is 70.8 Å². The maximum absolute atomic E-state index is 12.0. The van der Waals surface area contributed by atoms with Crippen LogP contribution in [0, 0.1) is 0 Å². The minimum atomic E-state index is -5.08. The predicted octanol–water partition coefficient (Wildman–Crippen LogP) is 2.68. The van der Waals surface area contributed by atoms with Crippen LogP contribution in [0.5, 0.6) is 0 Å². The summed E-state index contributed by atoms with van der Waals surface area (Å²) in [5.41, 5.74) is -0.212. The summed E-state index contributed by atoms with van der Waals surface area (Å²) in [7, 11) is 0. The van der Waals surface area contributed by atoms with Crippen LogP contribution in [-0.2, 0) is 20.9 Å². The zero-order valence-electron chi connectivity index (χ0n) is 16.2. The number of nitrogens with zero attached hydrogens (tertiary/aromatic N) is 2. The number of hydrogen-bond donors (Lipinski definition) is 1. The first kappa shape index (κ1) is 23.0. The van der Waals surface area contributed by atoms with E-state index in [2.05, 4.69) is 18.4 Å². The van der Waals surface area contributed by atoms with Crippen molar-refractivity contribution in [2.24, 2.45) is 0 Å². The Labute approximate surface area is 166 Å². The van der Waals surface area contributed by atoms with Gasteiger partial charge in [0, 0.05) is 19.6 Å². The number of carboxylic acid groups (broad SMARTS) is 1. The number of halogens is 3. The van der Waals surface area contributed by atoms with E-state index in [1.54, 1.807) is 12.3 Å². The molecule has 0 aromatic carbocycles. The molecule has 2 aliphatic heterocycles. The van der Waals surface area contributed by atoms with Crippen LogP contribution in [0.4, 0.5) is 13.2 Å². The van der Waals surface area contributed by atoms with E-state index in [0.717, 1.165) is 38.2 Å². The van der Waals surface area contributed by atoms with Gasteiger partial charge in [0.25, 0.3) is 0 Å². The van der Waals surface area contributed by atoms with E-state index in [9.17, 15) is 18.0 Å². The Morgan fingerprint density at radius 3 is 2.52 bits per heavy atom. The van der Waals surface area contributed by atoms with Crippen LogP contribution in [0.25, 0.3) is 0 Å². The molecule has 1 spiro atoms. The number of carbonyl (C=O) groups excluding carboxylic acids is 1. The van der Waals surface area contributed by atoms with Crippen LogP contribution < -0.4 is 0 Å². The third-order valence-electron chi connectivity index (χ3n) is 5.26. The fourth-order valence-electron chi connectivity index (χ4n) is 3.58. The molecule has 0 bridgehead atoms. The zero-order valence-corrected chi connectivity index (χ0v) is 16.2. The normalized spacial score (nSPS) is 22.1. The Morgan fingerprint density at radius 1 is 1.41 bits per heavy atom. The summed E-state index contributed by atoms with van der Waals surface area (Å²) in [6.07, 6.45) is 0.302. The van der Waals surface area contributed by atoms with E-state index in [4.69, 9.17) is 19.1 Å². The Balaban J connectivity index is 0.000000370. The van der Waals surface area contributed by atoms with Gasteiger partial charge in [-0.05, 0) is 31.9 Å².